The summed E-state index contributed by atoms with van der Waals surface area (Å²) in [4.78, 5) is 30.6. The van der Waals surface area contributed by atoms with Gasteiger partial charge in [-0.3, -0.25) is 14.3 Å². The van der Waals surface area contributed by atoms with Crippen molar-refractivity contribution in [1.29, 1.82) is 0 Å². The largest absolute Gasteiger partial charge is 0.329 e. The molecule has 2 rings (SSSR count). The van der Waals surface area contributed by atoms with Gasteiger partial charge in [-0.25, -0.2) is 9.78 Å². The fourth-order valence-corrected chi connectivity index (χ4v) is 2.74. The average molecular weight is 306 g/mol. The number of nitrogens with one attached hydrogen (secondary N) is 1. The maximum Gasteiger partial charge on any atom is 0.329 e. The Kier molecular flexibility index (Phi) is 4.52. The molecule has 1 N–H and O–H groups in total. The highest BCUT2D eigenvalue weighted by Gasteiger charge is 2.16. The van der Waals surface area contributed by atoms with Crippen LogP contribution in [0.1, 0.15) is 13.8 Å². The van der Waals surface area contributed by atoms with Crippen molar-refractivity contribution < 1.29 is 0 Å². The Balaban J connectivity index is 2.69. The van der Waals surface area contributed by atoms with Crippen LogP contribution < -0.4 is 11.2 Å². The van der Waals surface area contributed by atoms with Crippen molar-refractivity contribution in [2.45, 2.75) is 25.5 Å². The molecule has 0 atom stereocenters. The maximum absolute atomic E-state index is 12.1. The second-order valence-corrected chi connectivity index (χ2v) is 5.75. The van der Waals surface area contributed by atoms with Crippen LogP contribution in [0.4, 0.5) is 0 Å². The number of aromatic nitrogens is 4. The summed E-state index contributed by atoms with van der Waals surface area (Å²) in [7, 11) is 1.60. The topological polar surface area (TPSA) is 72.7 Å². The number of thioether (sulfide) groups is 1. The van der Waals surface area contributed by atoms with Crippen molar-refractivity contribution in [1.82, 2.24) is 19.1 Å². The molecule has 0 aliphatic rings. The van der Waals surface area contributed by atoms with E-state index in [1.54, 1.807) is 7.05 Å². The molecule has 0 aliphatic heterocycles. The number of H-pyrrole nitrogens is 1. The van der Waals surface area contributed by atoms with Crippen LogP contribution in [0.2, 0.25) is 0 Å². The van der Waals surface area contributed by atoms with Gasteiger partial charge in [-0.05, 0) is 13.8 Å². The van der Waals surface area contributed by atoms with E-state index in [9.17, 15) is 9.59 Å². The molecule has 6 nitrogen and oxygen atoms in total. The zero-order valence-electron chi connectivity index (χ0n) is 12.3. The predicted molar refractivity (Wildman–Crippen MR) is 85.9 cm³/mol. The van der Waals surface area contributed by atoms with Crippen molar-refractivity contribution in [2.24, 2.45) is 7.05 Å². The number of allylic oxidation sites excluding steroid dienone is 2. The van der Waals surface area contributed by atoms with E-state index in [2.05, 4.69) is 16.5 Å². The molecule has 0 saturated heterocycles. The predicted octanol–water partition coefficient (Wildman–Crippen LogP) is 1.67. The van der Waals surface area contributed by atoms with Crippen LogP contribution in [0.5, 0.6) is 0 Å². The Morgan fingerprint density at radius 1 is 1.48 bits per heavy atom. The summed E-state index contributed by atoms with van der Waals surface area (Å²) < 4.78 is 3.18. The number of imidazole rings is 1. The molecule has 2 aromatic rings. The van der Waals surface area contributed by atoms with E-state index in [1.165, 1.54) is 16.3 Å². The van der Waals surface area contributed by atoms with Gasteiger partial charge in [0.15, 0.2) is 16.3 Å². The fourth-order valence-electron chi connectivity index (χ4n) is 1.89. The molecular formula is C14H18N4O2S. The molecular weight excluding hydrogens is 288 g/mol. The van der Waals surface area contributed by atoms with Gasteiger partial charge < -0.3 is 4.57 Å². The van der Waals surface area contributed by atoms with Gasteiger partial charge >= 0.3 is 5.69 Å². The lowest BCUT2D eigenvalue weighted by molar-refractivity contribution is 0.744. The van der Waals surface area contributed by atoms with Crippen molar-refractivity contribution in [3.63, 3.8) is 0 Å². The summed E-state index contributed by atoms with van der Waals surface area (Å²) in [6, 6.07) is 0. The lowest BCUT2D eigenvalue weighted by atomic mass is 10.4. The molecule has 0 spiro atoms. The third kappa shape index (κ3) is 3.02. The second kappa shape index (κ2) is 6.17. The quantitative estimate of drug-likeness (QED) is 0.673. The van der Waals surface area contributed by atoms with Gasteiger partial charge in [0.25, 0.3) is 5.56 Å². The Labute approximate surface area is 126 Å². The maximum atomic E-state index is 12.1. The lowest BCUT2D eigenvalue weighted by Crippen LogP contribution is -2.29. The van der Waals surface area contributed by atoms with Crippen molar-refractivity contribution in [3.8, 4) is 0 Å². The molecule has 0 aliphatic carbocycles. The van der Waals surface area contributed by atoms with Crippen LogP contribution >= 0.6 is 11.8 Å². The third-order valence-electron chi connectivity index (χ3n) is 2.94. The monoisotopic (exact) mass is 306 g/mol. The number of rotatable bonds is 5. The van der Waals surface area contributed by atoms with Crippen LogP contribution in [0, 0.1) is 0 Å². The van der Waals surface area contributed by atoms with Gasteiger partial charge in [-0.15, -0.1) is 0 Å². The molecule has 0 fully saturated rings. The second-order valence-electron chi connectivity index (χ2n) is 4.81. The van der Waals surface area contributed by atoms with E-state index in [4.69, 9.17) is 0 Å². The van der Waals surface area contributed by atoms with Crippen LogP contribution in [-0.2, 0) is 13.6 Å². The highest BCUT2D eigenvalue weighted by molar-refractivity contribution is 7.99. The first-order chi connectivity index (χ1) is 9.95. The standard InChI is InChI=1S/C14H18N4O2S/c1-5-6-7-18-10-11(15-14(18)21-8-9(2)3)17(4)13(20)16-12(10)19/h5-6H,2,7-8H2,1,3-4H3,(H,16,19,20). The number of hydrogen-bond acceptors (Lipinski definition) is 4. The summed E-state index contributed by atoms with van der Waals surface area (Å²) in [5, 5.41) is 0.706. The molecule has 112 valence electrons. The van der Waals surface area contributed by atoms with Crippen LogP contribution in [0.15, 0.2) is 39.0 Å². The molecule has 0 saturated carbocycles. The molecule has 0 amide bonds. The summed E-state index contributed by atoms with van der Waals surface area (Å²) >= 11 is 1.50. The Morgan fingerprint density at radius 3 is 2.81 bits per heavy atom. The minimum Gasteiger partial charge on any atom is -0.309 e. The van der Waals surface area contributed by atoms with Crippen molar-refractivity contribution >= 4 is 22.9 Å². The molecule has 2 aromatic heterocycles. The Morgan fingerprint density at radius 2 is 2.19 bits per heavy atom. The van der Waals surface area contributed by atoms with E-state index in [-0.39, 0.29) is 0 Å². The third-order valence-corrected chi connectivity index (χ3v) is 4.15. The summed E-state index contributed by atoms with van der Waals surface area (Å²) in [5.74, 6) is 0.713. The Hall–Kier alpha value is -2.02. The Bertz CT molecular complexity index is 826. The number of aromatic amines is 1. The van der Waals surface area contributed by atoms with Crippen molar-refractivity contribution in [3.05, 3.63) is 45.1 Å². The lowest BCUT2D eigenvalue weighted by Gasteiger charge is -2.05. The van der Waals surface area contributed by atoms with Crippen LogP contribution in [-0.4, -0.2) is 24.9 Å². The molecule has 21 heavy (non-hydrogen) atoms. The van der Waals surface area contributed by atoms with Gasteiger partial charge in [-0.2, -0.15) is 0 Å². The molecule has 0 unspecified atom stereocenters. The van der Waals surface area contributed by atoms with E-state index in [0.717, 1.165) is 5.57 Å². The SMILES string of the molecule is C=C(C)CSc1nc2c(c(=O)[nH]c(=O)n2C)n1CC=CC. The number of nitrogens with zero attached hydrogens (tertiary/aromatic N) is 3. The molecule has 7 heteroatoms. The first-order valence-corrected chi connectivity index (χ1v) is 7.52. The van der Waals surface area contributed by atoms with Gasteiger partial charge in [-0.1, -0.05) is 36.1 Å². The van der Waals surface area contributed by atoms with Gasteiger partial charge in [0, 0.05) is 19.3 Å². The molecule has 2 heterocycles. The summed E-state index contributed by atoms with van der Waals surface area (Å²) in [6.07, 6.45) is 3.85. The first-order valence-electron chi connectivity index (χ1n) is 6.53. The zero-order valence-corrected chi connectivity index (χ0v) is 13.2. The minimum atomic E-state index is -0.459. The summed E-state index contributed by atoms with van der Waals surface area (Å²) in [5.41, 5.74) is 0.969. The highest BCUT2D eigenvalue weighted by atomic mass is 32.2. The van der Waals surface area contributed by atoms with Crippen molar-refractivity contribution in [2.75, 3.05) is 5.75 Å². The summed E-state index contributed by atoms with van der Waals surface area (Å²) in [6.45, 7) is 8.26. The van der Waals surface area contributed by atoms with Crippen LogP contribution in [0.25, 0.3) is 11.2 Å². The van der Waals surface area contributed by atoms with E-state index >= 15 is 0 Å². The molecule has 0 radical (unpaired) electrons. The number of hydrogen-bond donors (Lipinski definition) is 1. The van der Waals surface area contributed by atoms with E-state index < -0.39 is 11.2 Å². The smallest absolute Gasteiger partial charge is 0.309 e. The van der Waals surface area contributed by atoms with Gasteiger partial charge in [0.05, 0.1) is 0 Å². The number of aryl methyl sites for hydroxylation is 1. The van der Waals surface area contributed by atoms with Gasteiger partial charge in [0.2, 0.25) is 0 Å². The van der Waals surface area contributed by atoms with Gasteiger partial charge in [0.1, 0.15) is 0 Å². The zero-order chi connectivity index (χ0) is 15.6. The fraction of sp³-hybridized carbons (Fsp3) is 0.357. The van der Waals surface area contributed by atoms with E-state index in [1.807, 2.05) is 30.6 Å². The van der Waals surface area contributed by atoms with E-state index in [0.29, 0.717) is 28.6 Å². The van der Waals surface area contributed by atoms with Crippen LogP contribution in [0.3, 0.4) is 0 Å². The first kappa shape index (κ1) is 15.4. The molecule has 0 bridgehead atoms. The minimum absolute atomic E-state index is 0.400. The average Bonchev–Trinajstić information content (AvgIpc) is 2.79. The number of fused-ring (bicyclic) bond motifs is 1. The highest BCUT2D eigenvalue weighted by Crippen LogP contribution is 2.22. The normalized spacial score (nSPS) is 11.6. The molecule has 0 aromatic carbocycles.